The Morgan fingerprint density at radius 1 is 1.50 bits per heavy atom. The lowest BCUT2D eigenvalue weighted by Gasteiger charge is -2.15. The number of ether oxygens (including phenoxy) is 1. The Hall–Kier alpha value is -0.850. The van der Waals surface area contributed by atoms with Crippen LogP contribution >= 0.6 is 23.8 Å². The number of benzene rings is 1. The van der Waals surface area contributed by atoms with Gasteiger partial charge in [0.15, 0.2) is 9.84 Å². The van der Waals surface area contributed by atoms with Crippen molar-refractivity contribution in [3.8, 4) is 5.75 Å². The number of rotatable bonds is 3. The molecule has 0 aromatic heterocycles. The van der Waals surface area contributed by atoms with E-state index in [9.17, 15) is 8.42 Å². The summed E-state index contributed by atoms with van der Waals surface area (Å²) in [6, 6.07) is 4.93. The molecular weight excluding hydrogens is 294 g/mol. The summed E-state index contributed by atoms with van der Waals surface area (Å²) in [4.78, 5) is 0.197. The zero-order valence-corrected chi connectivity index (χ0v) is 11.8. The summed E-state index contributed by atoms with van der Waals surface area (Å²) in [6.45, 7) is 0. The summed E-state index contributed by atoms with van der Waals surface area (Å²) in [7, 11) is -2.98. The summed E-state index contributed by atoms with van der Waals surface area (Å²) in [6.07, 6.45) is 0.118. The lowest BCUT2D eigenvalue weighted by atomic mass is 10.2. The average Bonchev–Trinajstić information content (AvgIpc) is 2.57. The molecule has 1 fully saturated rings. The van der Waals surface area contributed by atoms with Crippen molar-refractivity contribution < 1.29 is 13.2 Å². The van der Waals surface area contributed by atoms with Crippen LogP contribution in [-0.2, 0) is 9.84 Å². The van der Waals surface area contributed by atoms with E-state index in [4.69, 9.17) is 34.3 Å². The Kier molecular flexibility index (Phi) is 3.79. The number of hydrogen-bond donors (Lipinski definition) is 1. The van der Waals surface area contributed by atoms with Crippen LogP contribution in [0.3, 0.4) is 0 Å². The van der Waals surface area contributed by atoms with Gasteiger partial charge in [0.25, 0.3) is 0 Å². The number of hydrogen-bond acceptors (Lipinski definition) is 4. The molecule has 1 atom stereocenters. The lowest BCUT2D eigenvalue weighted by Crippen LogP contribution is -2.20. The summed E-state index contributed by atoms with van der Waals surface area (Å²) >= 11 is 10.8. The van der Waals surface area contributed by atoms with Gasteiger partial charge in [-0.1, -0.05) is 23.8 Å². The number of halogens is 1. The molecule has 0 saturated carbocycles. The largest absolute Gasteiger partial charge is 0.489 e. The molecule has 0 aliphatic carbocycles. The van der Waals surface area contributed by atoms with Crippen molar-refractivity contribution in [3.05, 3.63) is 28.8 Å². The van der Waals surface area contributed by atoms with Gasteiger partial charge in [0.1, 0.15) is 16.8 Å². The molecule has 0 radical (unpaired) electrons. The zero-order chi connectivity index (χ0) is 13.3. The van der Waals surface area contributed by atoms with Gasteiger partial charge >= 0.3 is 0 Å². The first kappa shape index (κ1) is 13.6. The third-order valence-electron chi connectivity index (χ3n) is 2.69. The summed E-state index contributed by atoms with van der Waals surface area (Å²) in [5.74, 6) is 0.619. The molecule has 1 saturated heterocycles. The molecule has 98 valence electrons. The van der Waals surface area contributed by atoms with Gasteiger partial charge in [-0.2, -0.15) is 0 Å². The van der Waals surface area contributed by atoms with Crippen molar-refractivity contribution in [2.45, 2.75) is 12.5 Å². The maximum atomic E-state index is 11.4. The normalized spacial score (nSPS) is 21.7. The Morgan fingerprint density at radius 3 is 2.78 bits per heavy atom. The number of thiocarbonyl (C=S) groups is 1. The molecular formula is C11H12ClNO3S2. The molecule has 2 N–H and O–H groups in total. The fourth-order valence-corrected chi connectivity index (χ4v) is 3.75. The van der Waals surface area contributed by atoms with Crippen molar-refractivity contribution in [3.63, 3.8) is 0 Å². The van der Waals surface area contributed by atoms with E-state index in [1.54, 1.807) is 18.2 Å². The van der Waals surface area contributed by atoms with Crippen LogP contribution in [0.2, 0.25) is 5.02 Å². The highest BCUT2D eigenvalue weighted by Crippen LogP contribution is 2.27. The Bertz CT molecular complexity index is 586. The monoisotopic (exact) mass is 305 g/mol. The molecule has 4 nitrogen and oxygen atoms in total. The van der Waals surface area contributed by atoms with Gasteiger partial charge < -0.3 is 10.5 Å². The molecule has 1 aromatic carbocycles. The quantitative estimate of drug-likeness (QED) is 0.858. The Morgan fingerprint density at radius 2 is 2.22 bits per heavy atom. The zero-order valence-electron chi connectivity index (χ0n) is 9.43. The smallest absolute Gasteiger partial charge is 0.154 e. The molecule has 7 heteroatoms. The van der Waals surface area contributed by atoms with Crippen molar-refractivity contribution >= 4 is 38.6 Å². The van der Waals surface area contributed by atoms with Gasteiger partial charge in [0, 0.05) is 5.02 Å². The summed E-state index contributed by atoms with van der Waals surface area (Å²) in [5.41, 5.74) is 6.15. The summed E-state index contributed by atoms with van der Waals surface area (Å²) in [5, 5.41) is 0.492. The van der Waals surface area contributed by atoms with E-state index < -0.39 is 9.84 Å². The molecule has 0 bridgehead atoms. The van der Waals surface area contributed by atoms with Gasteiger partial charge in [-0.15, -0.1) is 0 Å². The van der Waals surface area contributed by atoms with E-state index in [1.165, 1.54) is 0 Å². The number of nitrogens with two attached hydrogens (primary N) is 1. The number of sulfone groups is 1. The minimum absolute atomic E-state index is 0.0241. The molecule has 1 aromatic rings. The highest BCUT2D eigenvalue weighted by molar-refractivity contribution is 7.91. The van der Waals surface area contributed by atoms with Crippen LogP contribution in [0.1, 0.15) is 12.0 Å². The molecule has 2 rings (SSSR count). The van der Waals surface area contributed by atoms with Crippen LogP contribution in [0.25, 0.3) is 0 Å². The molecule has 1 aliphatic heterocycles. The van der Waals surface area contributed by atoms with Crippen LogP contribution in [-0.4, -0.2) is 31.0 Å². The van der Waals surface area contributed by atoms with Gasteiger partial charge in [-0.25, -0.2) is 8.42 Å². The maximum Gasteiger partial charge on any atom is 0.154 e. The molecule has 0 spiro atoms. The minimum Gasteiger partial charge on any atom is -0.489 e. The second kappa shape index (κ2) is 5.03. The van der Waals surface area contributed by atoms with Gasteiger partial charge in [0.05, 0.1) is 17.1 Å². The molecule has 18 heavy (non-hydrogen) atoms. The minimum atomic E-state index is -2.98. The predicted octanol–water partition coefficient (Wildman–Crippen LogP) is 1.54. The first-order chi connectivity index (χ1) is 8.37. The van der Waals surface area contributed by atoms with Crippen LogP contribution in [0, 0.1) is 0 Å². The van der Waals surface area contributed by atoms with E-state index in [0.29, 0.717) is 22.8 Å². The third kappa shape index (κ3) is 3.13. The molecule has 1 heterocycles. The third-order valence-corrected chi connectivity index (χ3v) is 4.89. The van der Waals surface area contributed by atoms with Crippen LogP contribution < -0.4 is 10.5 Å². The Balaban J connectivity index is 2.23. The van der Waals surface area contributed by atoms with E-state index in [1.807, 2.05) is 0 Å². The first-order valence-electron chi connectivity index (χ1n) is 5.34. The highest BCUT2D eigenvalue weighted by atomic mass is 35.5. The van der Waals surface area contributed by atoms with Crippen LogP contribution in [0.5, 0.6) is 5.75 Å². The first-order valence-corrected chi connectivity index (χ1v) is 7.94. The topological polar surface area (TPSA) is 69.4 Å². The fourth-order valence-electron chi connectivity index (χ4n) is 1.83. The second-order valence-electron chi connectivity index (χ2n) is 4.15. The van der Waals surface area contributed by atoms with E-state index in [0.717, 1.165) is 0 Å². The van der Waals surface area contributed by atoms with Crippen molar-refractivity contribution in [1.82, 2.24) is 0 Å². The molecule has 1 aliphatic rings. The average molecular weight is 306 g/mol. The van der Waals surface area contributed by atoms with Gasteiger partial charge in [-0.3, -0.25) is 0 Å². The Labute approximate surface area is 116 Å². The van der Waals surface area contributed by atoms with E-state index in [2.05, 4.69) is 0 Å². The standard InChI is InChI=1S/C11H12ClNO3S2/c12-7-1-2-9(11(13)17)10(5-7)16-8-3-4-18(14,15)6-8/h1-2,5,8H,3-4,6H2,(H2,13,17). The van der Waals surface area contributed by atoms with Gasteiger partial charge in [-0.05, 0) is 24.6 Å². The summed E-state index contributed by atoms with van der Waals surface area (Å²) < 4.78 is 28.4. The van der Waals surface area contributed by atoms with E-state index in [-0.39, 0.29) is 22.6 Å². The van der Waals surface area contributed by atoms with Crippen LogP contribution in [0.15, 0.2) is 18.2 Å². The van der Waals surface area contributed by atoms with Crippen molar-refractivity contribution in [2.75, 3.05) is 11.5 Å². The van der Waals surface area contributed by atoms with Gasteiger partial charge in [0.2, 0.25) is 0 Å². The van der Waals surface area contributed by atoms with Crippen molar-refractivity contribution in [1.29, 1.82) is 0 Å². The van der Waals surface area contributed by atoms with Crippen LogP contribution in [0.4, 0.5) is 0 Å². The molecule has 0 amide bonds. The maximum absolute atomic E-state index is 11.4. The predicted molar refractivity (Wildman–Crippen MR) is 75.0 cm³/mol. The second-order valence-corrected chi connectivity index (χ2v) is 7.25. The van der Waals surface area contributed by atoms with Crippen molar-refractivity contribution in [2.24, 2.45) is 5.73 Å². The molecule has 1 unspecified atom stereocenters. The van der Waals surface area contributed by atoms with E-state index >= 15 is 0 Å². The fraction of sp³-hybridized carbons (Fsp3) is 0.364. The lowest BCUT2D eigenvalue weighted by molar-refractivity contribution is 0.228. The SMILES string of the molecule is NC(=S)c1ccc(Cl)cc1OC1CCS(=O)(=O)C1. The highest BCUT2D eigenvalue weighted by Gasteiger charge is 2.30.